The number of carbonyl (C=O) groups is 2. The fourth-order valence-corrected chi connectivity index (χ4v) is 3.79. The van der Waals surface area contributed by atoms with Crippen LogP contribution in [0.5, 0.6) is 5.75 Å². The van der Waals surface area contributed by atoms with Crippen molar-refractivity contribution < 1.29 is 23.8 Å². The van der Waals surface area contributed by atoms with Gasteiger partial charge in [0.05, 0.1) is 23.5 Å². The van der Waals surface area contributed by atoms with E-state index in [2.05, 4.69) is 0 Å². The Kier molecular flexibility index (Phi) is 5.76. The molecule has 0 aliphatic carbocycles. The molecule has 1 aromatic heterocycles. The maximum Gasteiger partial charge on any atom is 0.300 e. The monoisotopic (exact) mass is 457 g/mol. The van der Waals surface area contributed by atoms with E-state index in [1.54, 1.807) is 55.5 Å². The Hall–Kier alpha value is -3.22. The summed E-state index contributed by atoms with van der Waals surface area (Å²) in [6, 6.07) is 13.4. The molecule has 1 amide bonds. The summed E-state index contributed by atoms with van der Waals surface area (Å²) < 4.78 is 11.0. The molecule has 2 heterocycles. The first-order valence-electron chi connectivity index (χ1n) is 9.45. The van der Waals surface area contributed by atoms with E-state index in [0.717, 1.165) is 0 Å². The van der Waals surface area contributed by atoms with Gasteiger partial charge in [-0.05, 0) is 61.5 Å². The highest BCUT2D eigenvalue weighted by molar-refractivity contribution is 6.51. The van der Waals surface area contributed by atoms with Crippen molar-refractivity contribution in [2.45, 2.75) is 13.0 Å². The Bertz CT molecular complexity index is 1170. The van der Waals surface area contributed by atoms with Gasteiger partial charge in [0.2, 0.25) is 0 Å². The van der Waals surface area contributed by atoms with Crippen molar-refractivity contribution >= 4 is 46.3 Å². The molecule has 0 bridgehead atoms. The van der Waals surface area contributed by atoms with Gasteiger partial charge in [0, 0.05) is 16.3 Å². The van der Waals surface area contributed by atoms with Crippen LogP contribution in [0.3, 0.4) is 0 Å². The van der Waals surface area contributed by atoms with Gasteiger partial charge >= 0.3 is 0 Å². The summed E-state index contributed by atoms with van der Waals surface area (Å²) in [7, 11) is 0. The quantitative estimate of drug-likeness (QED) is 0.305. The third kappa shape index (κ3) is 3.80. The molecular formula is C23H17Cl2NO5. The van der Waals surface area contributed by atoms with Crippen molar-refractivity contribution in [1.82, 2.24) is 0 Å². The molecular weight excluding hydrogens is 441 g/mol. The van der Waals surface area contributed by atoms with Gasteiger partial charge in [-0.2, -0.15) is 0 Å². The van der Waals surface area contributed by atoms with Gasteiger partial charge < -0.3 is 14.3 Å². The maximum atomic E-state index is 13.0. The van der Waals surface area contributed by atoms with Crippen molar-refractivity contribution in [2.24, 2.45) is 0 Å². The molecule has 0 saturated carbocycles. The van der Waals surface area contributed by atoms with Crippen LogP contribution < -0.4 is 9.64 Å². The molecule has 158 valence electrons. The number of anilines is 1. The number of amides is 1. The summed E-state index contributed by atoms with van der Waals surface area (Å²) >= 11 is 12.1. The first-order valence-corrected chi connectivity index (χ1v) is 10.2. The second kappa shape index (κ2) is 8.49. The standard InChI is InChI=1S/C23H17Cl2NO5/c1-2-30-18-12-13(5-10-16(18)25)21(27)19-20(17-4-3-11-31-17)26(23(29)22(19)28)15-8-6-14(24)7-9-15/h3-12,20,27H,2H2,1H3/b21-19-. The number of benzene rings is 2. The van der Waals surface area contributed by atoms with Crippen molar-refractivity contribution in [3.63, 3.8) is 0 Å². The molecule has 1 fully saturated rings. The number of nitrogens with zero attached hydrogens (tertiary/aromatic N) is 1. The number of ether oxygens (including phenoxy) is 1. The highest BCUT2D eigenvalue weighted by Crippen LogP contribution is 2.43. The normalized spacial score (nSPS) is 17.9. The molecule has 6 nitrogen and oxygen atoms in total. The molecule has 0 radical (unpaired) electrons. The largest absolute Gasteiger partial charge is 0.507 e. The van der Waals surface area contributed by atoms with Crippen LogP contribution in [0.4, 0.5) is 5.69 Å². The number of furan rings is 1. The van der Waals surface area contributed by atoms with E-state index < -0.39 is 17.7 Å². The Morgan fingerprint density at radius 2 is 1.87 bits per heavy atom. The SMILES string of the molecule is CCOc1cc(/C(O)=C2/C(=O)C(=O)N(c3ccc(Cl)cc3)C2c2ccco2)ccc1Cl. The van der Waals surface area contributed by atoms with Gasteiger partial charge in [-0.15, -0.1) is 0 Å². The van der Waals surface area contributed by atoms with E-state index in [-0.39, 0.29) is 11.3 Å². The summed E-state index contributed by atoms with van der Waals surface area (Å²) in [6.07, 6.45) is 1.44. The van der Waals surface area contributed by atoms with E-state index in [1.165, 1.54) is 17.2 Å². The van der Waals surface area contributed by atoms with Crippen LogP contribution in [0.15, 0.2) is 70.9 Å². The van der Waals surface area contributed by atoms with Crippen molar-refractivity contribution in [1.29, 1.82) is 0 Å². The fraction of sp³-hybridized carbons (Fsp3) is 0.130. The first-order chi connectivity index (χ1) is 14.9. The van der Waals surface area contributed by atoms with E-state index >= 15 is 0 Å². The van der Waals surface area contributed by atoms with Crippen LogP contribution in [-0.2, 0) is 9.59 Å². The molecule has 8 heteroatoms. The number of aliphatic hydroxyl groups excluding tert-OH is 1. The highest BCUT2D eigenvalue weighted by Gasteiger charge is 2.48. The number of hydrogen-bond acceptors (Lipinski definition) is 5. The summed E-state index contributed by atoms with van der Waals surface area (Å²) in [4.78, 5) is 27.3. The summed E-state index contributed by atoms with van der Waals surface area (Å²) in [5.74, 6) is -1.29. The lowest BCUT2D eigenvalue weighted by Gasteiger charge is -2.23. The zero-order chi connectivity index (χ0) is 22.1. The van der Waals surface area contributed by atoms with E-state index in [9.17, 15) is 14.7 Å². The molecule has 31 heavy (non-hydrogen) atoms. The van der Waals surface area contributed by atoms with Crippen LogP contribution in [0, 0.1) is 0 Å². The molecule has 1 saturated heterocycles. The van der Waals surface area contributed by atoms with Gasteiger partial charge in [-0.1, -0.05) is 23.2 Å². The lowest BCUT2D eigenvalue weighted by molar-refractivity contribution is -0.132. The molecule has 1 unspecified atom stereocenters. The molecule has 4 rings (SSSR count). The second-order valence-corrected chi connectivity index (χ2v) is 7.58. The number of aliphatic hydroxyl groups is 1. The number of Topliss-reactive ketones (excluding diaryl/α,β-unsaturated/α-hetero) is 1. The average molecular weight is 458 g/mol. The van der Waals surface area contributed by atoms with Crippen LogP contribution in [0.1, 0.15) is 24.3 Å². The zero-order valence-electron chi connectivity index (χ0n) is 16.3. The van der Waals surface area contributed by atoms with Crippen molar-refractivity contribution in [2.75, 3.05) is 11.5 Å². The lowest BCUT2D eigenvalue weighted by Crippen LogP contribution is -2.29. The molecule has 0 spiro atoms. The number of ketones is 1. The number of carbonyl (C=O) groups excluding carboxylic acids is 2. The lowest BCUT2D eigenvalue weighted by atomic mass is 9.99. The van der Waals surface area contributed by atoms with E-state index in [0.29, 0.717) is 39.4 Å². The van der Waals surface area contributed by atoms with Gasteiger partial charge in [0.1, 0.15) is 23.3 Å². The third-order valence-corrected chi connectivity index (χ3v) is 5.43. The average Bonchev–Trinajstić information content (AvgIpc) is 3.37. The van der Waals surface area contributed by atoms with Crippen LogP contribution in [-0.4, -0.2) is 23.4 Å². The molecule has 1 aliphatic rings. The Labute approximate surface area is 188 Å². The summed E-state index contributed by atoms with van der Waals surface area (Å²) in [6.45, 7) is 2.18. The molecule has 2 aromatic carbocycles. The Morgan fingerprint density at radius 1 is 1.13 bits per heavy atom. The number of halogens is 2. The second-order valence-electron chi connectivity index (χ2n) is 6.74. The topological polar surface area (TPSA) is 80.0 Å². The van der Waals surface area contributed by atoms with Crippen molar-refractivity contribution in [3.05, 3.63) is 87.8 Å². The Balaban J connectivity index is 1.89. The van der Waals surface area contributed by atoms with Crippen LogP contribution >= 0.6 is 23.2 Å². The van der Waals surface area contributed by atoms with E-state index in [4.69, 9.17) is 32.4 Å². The van der Waals surface area contributed by atoms with Gasteiger partial charge in [0.25, 0.3) is 11.7 Å². The van der Waals surface area contributed by atoms with Crippen LogP contribution in [0.25, 0.3) is 5.76 Å². The van der Waals surface area contributed by atoms with Gasteiger partial charge in [-0.3, -0.25) is 14.5 Å². The zero-order valence-corrected chi connectivity index (χ0v) is 17.9. The minimum Gasteiger partial charge on any atom is -0.507 e. The third-order valence-electron chi connectivity index (χ3n) is 4.87. The number of hydrogen-bond donors (Lipinski definition) is 1. The fourth-order valence-electron chi connectivity index (χ4n) is 3.49. The predicted molar refractivity (Wildman–Crippen MR) is 118 cm³/mol. The van der Waals surface area contributed by atoms with Gasteiger partial charge in [0.15, 0.2) is 0 Å². The number of rotatable bonds is 5. The molecule has 1 N–H and O–H groups in total. The minimum absolute atomic E-state index is 0.0975. The molecule has 1 atom stereocenters. The summed E-state index contributed by atoms with van der Waals surface area (Å²) in [5, 5.41) is 11.9. The first kappa shape index (κ1) is 21.0. The van der Waals surface area contributed by atoms with Crippen LogP contribution in [0.2, 0.25) is 10.0 Å². The Morgan fingerprint density at radius 3 is 2.52 bits per heavy atom. The smallest absolute Gasteiger partial charge is 0.300 e. The highest BCUT2D eigenvalue weighted by atomic mass is 35.5. The minimum atomic E-state index is -0.956. The maximum absolute atomic E-state index is 13.0. The molecule has 3 aromatic rings. The predicted octanol–water partition coefficient (Wildman–Crippen LogP) is 5.61. The van der Waals surface area contributed by atoms with Gasteiger partial charge in [-0.25, -0.2) is 0 Å². The summed E-state index contributed by atoms with van der Waals surface area (Å²) in [5.41, 5.74) is 0.635. The molecule has 1 aliphatic heterocycles. The van der Waals surface area contributed by atoms with Crippen molar-refractivity contribution in [3.8, 4) is 5.75 Å². The van der Waals surface area contributed by atoms with E-state index in [1.807, 2.05) is 0 Å².